The lowest BCUT2D eigenvalue weighted by Gasteiger charge is -2.07. The molecule has 0 bridgehead atoms. The number of hydrogen-bond acceptors (Lipinski definition) is 1. The van der Waals surface area contributed by atoms with Gasteiger partial charge in [-0.2, -0.15) is 13.2 Å². The maximum atomic E-state index is 12.3. The number of halogens is 3. The van der Waals surface area contributed by atoms with Crippen molar-refractivity contribution in [3.8, 4) is 11.3 Å². The third-order valence-corrected chi connectivity index (χ3v) is 2.29. The number of H-pyrrole nitrogens is 1. The molecule has 0 atom stereocenters. The molecule has 1 aromatic heterocycles. The second-order valence-corrected chi connectivity index (χ2v) is 3.50. The summed E-state index contributed by atoms with van der Waals surface area (Å²) in [5.41, 5.74) is 0.0313. The molecule has 0 aliphatic carbocycles. The Labute approximate surface area is 94.7 Å². The molecule has 0 fully saturated rings. The van der Waals surface area contributed by atoms with Crippen LogP contribution >= 0.6 is 0 Å². The molecule has 0 radical (unpaired) electrons. The first kappa shape index (κ1) is 11.4. The third-order valence-electron chi connectivity index (χ3n) is 2.29. The Balaban J connectivity index is 2.39. The summed E-state index contributed by atoms with van der Waals surface area (Å²) < 4.78 is 37.0. The molecule has 0 aliphatic heterocycles. The fraction of sp³-hybridized carbons (Fsp3) is 0.0833. The van der Waals surface area contributed by atoms with E-state index in [1.165, 1.54) is 18.2 Å². The Kier molecular flexibility index (Phi) is 2.75. The number of alkyl halides is 3. The smallest absolute Gasteiger partial charge is 0.322 e. The Morgan fingerprint density at radius 3 is 2.12 bits per heavy atom. The van der Waals surface area contributed by atoms with Crippen LogP contribution < -0.4 is 5.56 Å². The normalized spacial score (nSPS) is 11.5. The minimum Gasteiger partial charge on any atom is -0.322 e. The van der Waals surface area contributed by atoms with Gasteiger partial charge < -0.3 is 4.98 Å². The highest BCUT2D eigenvalue weighted by molar-refractivity contribution is 5.59. The van der Waals surface area contributed by atoms with Crippen LogP contribution in [0.3, 0.4) is 0 Å². The molecule has 1 heterocycles. The van der Waals surface area contributed by atoms with Crippen molar-refractivity contribution in [1.82, 2.24) is 4.98 Å². The third kappa shape index (κ3) is 2.55. The van der Waals surface area contributed by atoms with E-state index < -0.39 is 11.7 Å². The van der Waals surface area contributed by atoms with Crippen molar-refractivity contribution in [3.63, 3.8) is 0 Å². The Bertz CT molecular complexity index is 569. The second kappa shape index (κ2) is 4.08. The number of hydrogen-bond donors (Lipinski definition) is 1. The zero-order chi connectivity index (χ0) is 12.5. The summed E-state index contributed by atoms with van der Waals surface area (Å²) in [5.74, 6) is 0. The highest BCUT2D eigenvalue weighted by Crippen LogP contribution is 2.30. The molecule has 2 nitrogen and oxygen atoms in total. The van der Waals surface area contributed by atoms with Crippen LogP contribution in [-0.4, -0.2) is 4.98 Å². The first-order valence-electron chi connectivity index (χ1n) is 4.84. The van der Waals surface area contributed by atoms with Crippen molar-refractivity contribution < 1.29 is 13.2 Å². The Morgan fingerprint density at radius 1 is 0.941 bits per heavy atom. The van der Waals surface area contributed by atoms with Gasteiger partial charge in [0.05, 0.1) is 5.56 Å². The van der Waals surface area contributed by atoms with Crippen LogP contribution in [0.1, 0.15) is 5.56 Å². The van der Waals surface area contributed by atoms with Gasteiger partial charge in [0, 0.05) is 11.8 Å². The summed E-state index contributed by atoms with van der Waals surface area (Å²) in [5, 5.41) is 0. The quantitative estimate of drug-likeness (QED) is 0.815. The summed E-state index contributed by atoms with van der Waals surface area (Å²) in [6, 6.07) is 9.15. The molecule has 0 aliphatic rings. The Hall–Kier alpha value is -2.04. The van der Waals surface area contributed by atoms with Crippen molar-refractivity contribution in [2.45, 2.75) is 6.18 Å². The van der Waals surface area contributed by atoms with Gasteiger partial charge in [-0.15, -0.1) is 0 Å². The summed E-state index contributed by atoms with van der Waals surface area (Å²) in [4.78, 5) is 13.6. The molecule has 0 spiro atoms. The second-order valence-electron chi connectivity index (χ2n) is 3.50. The fourth-order valence-corrected chi connectivity index (χ4v) is 1.45. The topological polar surface area (TPSA) is 32.9 Å². The maximum Gasteiger partial charge on any atom is 0.416 e. The predicted molar refractivity (Wildman–Crippen MR) is 57.5 cm³/mol. The van der Waals surface area contributed by atoms with Gasteiger partial charge in [-0.1, -0.05) is 18.2 Å². The van der Waals surface area contributed by atoms with E-state index in [1.807, 2.05) is 0 Å². The number of aromatic amines is 1. The van der Waals surface area contributed by atoms with Gasteiger partial charge in [0.15, 0.2) is 0 Å². The monoisotopic (exact) mass is 239 g/mol. The first-order chi connectivity index (χ1) is 7.97. The van der Waals surface area contributed by atoms with Crippen LogP contribution in [0.25, 0.3) is 11.3 Å². The zero-order valence-corrected chi connectivity index (χ0v) is 8.58. The lowest BCUT2D eigenvalue weighted by atomic mass is 10.1. The highest BCUT2D eigenvalue weighted by Gasteiger charge is 2.29. The summed E-state index contributed by atoms with van der Waals surface area (Å²) in [6.07, 6.45) is -4.34. The predicted octanol–water partition coefficient (Wildman–Crippen LogP) is 3.06. The van der Waals surface area contributed by atoms with Crippen LogP contribution in [0.15, 0.2) is 47.3 Å². The molecule has 0 saturated carbocycles. The number of nitrogens with one attached hydrogen (secondary N) is 1. The van der Waals surface area contributed by atoms with Crippen molar-refractivity contribution >= 4 is 0 Å². The Morgan fingerprint density at radius 2 is 1.59 bits per heavy atom. The van der Waals surface area contributed by atoms with Crippen LogP contribution in [0.5, 0.6) is 0 Å². The van der Waals surface area contributed by atoms with E-state index in [2.05, 4.69) is 4.98 Å². The van der Waals surface area contributed by atoms with E-state index in [4.69, 9.17) is 0 Å². The average Bonchev–Trinajstić information content (AvgIpc) is 2.28. The van der Waals surface area contributed by atoms with Crippen LogP contribution in [0, 0.1) is 0 Å². The van der Waals surface area contributed by atoms with Crippen molar-refractivity contribution in [2.24, 2.45) is 0 Å². The molecule has 2 aromatic rings. The average molecular weight is 239 g/mol. The maximum absolute atomic E-state index is 12.3. The van der Waals surface area contributed by atoms with Gasteiger partial charge in [0.2, 0.25) is 5.56 Å². The molecule has 0 amide bonds. The molecule has 17 heavy (non-hydrogen) atoms. The molecule has 1 aromatic carbocycles. The van der Waals surface area contributed by atoms with Gasteiger partial charge in [0.25, 0.3) is 0 Å². The molecule has 2 rings (SSSR count). The number of benzene rings is 1. The van der Waals surface area contributed by atoms with E-state index in [9.17, 15) is 18.0 Å². The van der Waals surface area contributed by atoms with Crippen molar-refractivity contribution in [3.05, 3.63) is 58.4 Å². The van der Waals surface area contributed by atoms with E-state index in [1.54, 1.807) is 12.1 Å². The molecule has 0 saturated heterocycles. The molecule has 88 valence electrons. The molecule has 1 N–H and O–H groups in total. The minimum atomic E-state index is -4.34. The SMILES string of the molecule is O=c1cccc(-c2ccc(C(F)(F)F)cc2)[nH]1. The molecular formula is C12H8F3NO. The zero-order valence-electron chi connectivity index (χ0n) is 8.58. The van der Waals surface area contributed by atoms with Gasteiger partial charge in [-0.3, -0.25) is 4.79 Å². The fourth-order valence-electron chi connectivity index (χ4n) is 1.45. The standard InChI is InChI=1S/C12H8F3NO/c13-12(14,15)9-6-4-8(5-7-9)10-2-1-3-11(17)16-10/h1-7H,(H,16,17). The lowest BCUT2D eigenvalue weighted by molar-refractivity contribution is -0.137. The lowest BCUT2D eigenvalue weighted by Crippen LogP contribution is -2.05. The van der Waals surface area contributed by atoms with Crippen LogP contribution in [0.4, 0.5) is 13.2 Å². The molecule has 5 heteroatoms. The van der Waals surface area contributed by atoms with Gasteiger partial charge in [0.1, 0.15) is 0 Å². The van der Waals surface area contributed by atoms with E-state index in [0.717, 1.165) is 12.1 Å². The summed E-state index contributed by atoms with van der Waals surface area (Å²) >= 11 is 0. The molecule has 0 unspecified atom stereocenters. The number of aromatic nitrogens is 1. The van der Waals surface area contributed by atoms with E-state index in [0.29, 0.717) is 11.3 Å². The van der Waals surface area contributed by atoms with Crippen molar-refractivity contribution in [2.75, 3.05) is 0 Å². The summed E-state index contributed by atoms with van der Waals surface area (Å²) in [7, 11) is 0. The van der Waals surface area contributed by atoms with E-state index in [-0.39, 0.29) is 5.56 Å². The van der Waals surface area contributed by atoms with Gasteiger partial charge >= 0.3 is 6.18 Å². The van der Waals surface area contributed by atoms with Crippen LogP contribution in [-0.2, 0) is 6.18 Å². The number of pyridine rings is 1. The van der Waals surface area contributed by atoms with Gasteiger partial charge in [-0.25, -0.2) is 0 Å². The van der Waals surface area contributed by atoms with Gasteiger partial charge in [-0.05, 0) is 23.8 Å². The largest absolute Gasteiger partial charge is 0.416 e. The number of rotatable bonds is 1. The first-order valence-corrected chi connectivity index (χ1v) is 4.84. The van der Waals surface area contributed by atoms with E-state index >= 15 is 0 Å². The van der Waals surface area contributed by atoms with Crippen LogP contribution in [0.2, 0.25) is 0 Å². The molecular weight excluding hydrogens is 231 g/mol. The highest BCUT2D eigenvalue weighted by atomic mass is 19.4. The summed E-state index contributed by atoms with van der Waals surface area (Å²) in [6.45, 7) is 0. The minimum absolute atomic E-state index is 0.289. The van der Waals surface area contributed by atoms with Crippen molar-refractivity contribution in [1.29, 1.82) is 0 Å².